The molecule has 0 radical (unpaired) electrons. The van der Waals surface area contributed by atoms with E-state index in [1.807, 2.05) is 49.0 Å². The van der Waals surface area contributed by atoms with Gasteiger partial charge in [-0.05, 0) is 40.0 Å². The van der Waals surface area contributed by atoms with Gasteiger partial charge in [0.05, 0.1) is 11.4 Å². The number of hydrogen-bond donors (Lipinski definition) is 1. The van der Waals surface area contributed by atoms with E-state index in [2.05, 4.69) is 27.4 Å². The normalized spacial score (nSPS) is 11.1. The van der Waals surface area contributed by atoms with Crippen LogP contribution in [0.15, 0.2) is 40.9 Å². The van der Waals surface area contributed by atoms with Crippen LogP contribution >= 0.6 is 0 Å². The molecule has 1 amide bonds. The molecule has 0 fully saturated rings. The number of benzene rings is 1. The number of aryl methyl sites for hydroxylation is 2. The Hall–Kier alpha value is -2.93. The van der Waals surface area contributed by atoms with Crippen LogP contribution in [-0.2, 0) is 11.3 Å². The Balaban J connectivity index is 1.58. The van der Waals surface area contributed by atoms with E-state index in [-0.39, 0.29) is 5.91 Å². The number of amides is 1. The lowest BCUT2D eigenvalue weighted by Crippen LogP contribution is -2.24. The van der Waals surface area contributed by atoms with E-state index >= 15 is 0 Å². The molecule has 7 heteroatoms. The molecule has 0 aliphatic heterocycles. The summed E-state index contributed by atoms with van der Waals surface area (Å²) in [4.78, 5) is 14.2. The molecule has 0 saturated carbocycles. The second-order valence-electron chi connectivity index (χ2n) is 6.76. The van der Waals surface area contributed by atoms with Crippen molar-refractivity contribution in [1.29, 1.82) is 0 Å². The van der Waals surface area contributed by atoms with Crippen molar-refractivity contribution < 1.29 is 9.32 Å². The van der Waals surface area contributed by atoms with Crippen molar-refractivity contribution in [1.82, 2.24) is 19.8 Å². The van der Waals surface area contributed by atoms with Gasteiger partial charge in [-0.3, -0.25) is 4.79 Å². The molecule has 0 aliphatic carbocycles. The summed E-state index contributed by atoms with van der Waals surface area (Å²) in [6.07, 6.45) is 0.382. The Morgan fingerprint density at radius 2 is 1.96 bits per heavy atom. The summed E-state index contributed by atoms with van der Waals surface area (Å²) in [5, 5.41) is 11.2. The average molecular weight is 367 g/mol. The van der Waals surface area contributed by atoms with E-state index in [0.29, 0.717) is 24.5 Å². The highest BCUT2D eigenvalue weighted by Crippen LogP contribution is 2.19. The summed E-state index contributed by atoms with van der Waals surface area (Å²) in [5.74, 6) is 1.04. The number of aromatic nitrogens is 3. The van der Waals surface area contributed by atoms with E-state index in [4.69, 9.17) is 4.52 Å². The molecule has 1 aromatic carbocycles. The number of para-hydroxylation sites is 1. The zero-order valence-electron chi connectivity index (χ0n) is 16.2. The van der Waals surface area contributed by atoms with Crippen molar-refractivity contribution in [3.63, 3.8) is 0 Å². The van der Waals surface area contributed by atoms with Gasteiger partial charge in [-0.2, -0.15) is 5.10 Å². The summed E-state index contributed by atoms with van der Waals surface area (Å²) >= 11 is 0. The molecule has 1 N–H and O–H groups in total. The highest BCUT2D eigenvalue weighted by Gasteiger charge is 2.15. The van der Waals surface area contributed by atoms with Crippen LogP contribution in [0.4, 0.5) is 5.82 Å². The number of anilines is 1. The topological polar surface area (TPSA) is 76.2 Å². The highest BCUT2D eigenvalue weighted by atomic mass is 16.5. The van der Waals surface area contributed by atoms with Gasteiger partial charge in [0.1, 0.15) is 5.76 Å². The lowest BCUT2D eigenvalue weighted by Gasteiger charge is -2.16. The van der Waals surface area contributed by atoms with E-state index in [0.717, 1.165) is 23.6 Å². The number of carbonyl (C=O) groups is 1. The third-order valence-corrected chi connectivity index (χ3v) is 4.49. The number of nitrogens with zero attached hydrogens (tertiary/aromatic N) is 4. The van der Waals surface area contributed by atoms with Crippen molar-refractivity contribution >= 4 is 11.7 Å². The van der Waals surface area contributed by atoms with Crippen LogP contribution in [0.2, 0.25) is 0 Å². The van der Waals surface area contributed by atoms with Crippen LogP contribution in [0.25, 0.3) is 5.69 Å². The van der Waals surface area contributed by atoms with Gasteiger partial charge in [0.25, 0.3) is 0 Å². The molecule has 0 bridgehead atoms. The molecular formula is C20H25N5O2. The standard InChI is InChI=1S/C20H25N5O2/c1-14-12-19(23-27-14)21-20(26)10-11-24(4)13-18-15(2)22-25(16(18)3)17-8-6-5-7-9-17/h5-9,12H,10-11,13H2,1-4H3,(H,21,23,26). The first kappa shape index (κ1) is 18.8. The first-order chi connectivity index (χ1) is 12.9. The Morgan fingerprint density at radius 1 is 1.22 bits per heavy atom. The summed E-state index contributed by atoms with van der Waals surface area (Å²) in [6.45, 7) is 7.26. The molecule has 0 unspecified atom stereocenters. The number of nitrogens with one attached hydrogen (secondary N) is 1. The van der Waals surface area contributed by atoms with Crippen molar-refractivity contribution in [2.75, 3.05) is 18.9 Å². The Morgan fingerprint density at radius 3 is 2.63 bits per heavy atom. The smallest absolute Gasteiger partial charge is 0.226 e. The lowest BCUT2D eigenvalue weighted by molar-refractivity contribution is -0.116. The number of hydrogen-bond acceptors (Lipinski definition) is 5. The zero-order valence-corrected chi connectivity index (χ0v) is 16.2. The summed E-state index contributed by atoms with van der Waals surface area (Å²) in [6, 6.07) is 11.8. The Bertz CT molecular complexity index is 914. The second-order valence-corrected chi connectivity index (χ2v) is 6.76. The van der Waals surface area contributed by atoms with E-state index in [9.17, 15) is 4.79 Å². The predicted octanol–water partition coefficient (Wildman–Crippen LogP) is 3.25. The zero-order chi connectivity index (χ0) is 19.4. The molecule has 142 valence electrons. The summed E-state index contributed by atoms with van der Waals surface area (Å²) < 4.78 is 6.92. The predicted molar refractivity (Wildman–Crippen MR) is 104 cm³/mol. The van der Waals surface area contributed by atoms with E-state index in [1.54, 1.807) is 13.0 Å². The fourth-order valence-corrected chi connectivity index (χ4v) is 3.00. The first-order valence-corrected chi connectivity index (χ1v) is 8.96. The number of rotatable bonds is 7. The summed E-state index contributed by atoms with van der Waals surface area (Å²) in [5.41, 5.74) is 4.36. The minimum Gasteiger partial charge on any atom is -0.360 e. The number of carbonyl (C=O) groups excluding carboxylic acids is 1. The molecule has 3 aromatic rings. The Kier molecular flexibility index (Phi) is 5.71. The highest BCUT2D eigenvalue weighted by molar-refractivity contribution is 5.89. The van der Waals surface area contributed by atoms with Crippen molar-refractivity contribution in [2.45, 2.75) is 33.7 Å². The molecule has 0 aliphatic rings. The molecular weight excluding hydrogens is 342 g/mol. The van der Waals surface area contributed by atoms with Crippen LogP contribution in [-0.4, -0.2) is 39.3 Å². The minimum absolute atomic E-state index is 0.0800. The van der Waals surface area contributed by atoms with Crippen LogP contribution in [0.1, 0.15) is 29.1 Å². The van der Waals surface area contributed by atoms with E-state index in [1.165, 1.54) is 5.56 Å². The van der Waals surface area contributed by atoms with Gasteiger partial charge >= 0.3 is 0 Å². The van der Waals surface area contributed by atoms with Gasteiger partial charge in [0.15, 0.2) is 5.82 Å². The SMILES string of the molecule is Cc1cc(NC(=O)CCN(C)Cc2c(C)nn(-c3ccccc3)c2C)no1. The third-order valence-electron chi connectivity index (χ3n) is 4.49. The van der Waals surface area contributed by atoms with Crippen molar-refractivity contribution in [3.8, 4) is 5.69 Å². The molecule has 27 heavy (non-hydrogen) atoms. The van der Waals surface area contributed by atoms with Crippen LogP contribution < -0.4 is 5.32 Å². The second kappa shape index (κ2) is 8.18. The maximum absolute atomic E-state index is 12.1. The largest absolute Gasteiger partial charge is 0.360 e. The fraction of sp³-hybridized carbons (Fsp3) is 0.350. The van der Waals surface area contributed by atoms with Gasteiger partial charge in [-0.1, -0.05) is 23.4 Å². The maximum atomic E-state index is 12.1. The van der Waals surface area contributed by atoms with E-state index < -0.39 is 0 Å². The lowest BCUT2D eigenvalue weighted by atomic mass is 10.2. The van der Waals surface area contributed by atoms with Gasteiger partial charge in [0.2, 0.25) is 5.91 Å². The molecule has 2 aromatic heterocycles. The van der Waals surface area contributed by atoms with Crippen LogP contribution in [0.5, 0.6) is 0 Å². The van der Waals surface area contributed by atoms with Gasteiger partial charge in [-0.15, -0.1) is 0 Å². The molecule has 0 atom stereocenters. The third kappa shape index (κ3) is 4.62. The van der Waals surface area contributed by atoms with Gasteiger partial charge in [0, 0.05) is 36.8 Å². The summed E-state index contributed by atoms with van der Waals surface area (Å²) in [7, 11) is 2.01. The molecule has 0 spiro atoms. The molecule has 0 saturated heterocycles. The van der Waals surface area contributed by atoms with Crippen molar-refractivity contribution in [2.24, 2.45) is 0 Å². The fourth-order valence-electron chi connectivity index (χ4n) is 3.00. The Labute approximate surface area is 159 Å². The molecule has 7 nitrogen and oxygen atoms in total. The van der Waals surface area contributed by atoms with Gasteiger partial charge < -0.3 is 14.7 Å². The van der Waals surface area contributed by atoms with Gasteiger partial charge in [-0.25, -0.2) is 4.68 Å². The average Bonchev–Trinajstić information content (AvgIpc) is 3.18. The monoisotopic (exact) mass is 367 g/mol. The molecule has 3 rings (SSSR count). The first-order valence-electron chi connectivity index (χ1n) is 8.96. The van der Waals surface area contributed by atoms with Crippen LogP contribution in [0.3, 0.4) is 0 Å². The molecule has 2 heterocycles. The van der Waals surface area contributed by atoms with Crippen LogP contribution in [0, 0.1) is 20.8 Å². The maximum Gasteiger partial charge on any atom is 0.226 e. The minimum atomic E-state index is -0.0800. The quantitative estimate of drug-likeness (QED) is 0.694. The van der Waals surface area contributed by atoms with Crippen molar-refractivity contribution in [3.05, 3.63) is 59.1 Å².